The maximum Gasteiger partial charge on any atom is 0.132 e. The van der Waals surface area contributed by atoms with Crippen molar-refractivity contribution in [2.75, 3.05) is 4.90 Å². The van der Waals surface area contributed by atoms with Gasteiger partial charge in [0.2, 0.25) is 0 Å². The summed E-state index contributed by atoms with van der Waals surface area (Å²) in [5.41, 5.74) is 20.3. The molecule has 2 heteroatoms. The van der Waals surface area contributed by atoms with E-state index in [-0.39, 0.29) is 10.8 Å². The van der Waals surface area contributed by atoms with E-state index in [0.717, 1.165) is 51.7 Å². The van der Waals surface area contributed by atoms with E-state index in [1.165, 1.54) is 72.0 Å². The molecule has 0 saturated carbocycles. The average Bonchev–Trinajstić information content (AvgIpc) is 3.60. The first-order valence-corrected chi connectivity index (χ1v) is 21.2. The first-order chi connectivity index (χ1) is 28.5. The van der Waals surface area contributed by atoms with Gasteiger partial charge in [-0.3, -0.25) is 0 Å². The fourth-order valence-corrected chi connectivity index (χ4v) is 11.3. The quantitative estimate of drug-likeness (QED) is 0.166. The van der Waals surface area contributed by atoms with E-state index in [9.17, 15) is 0 Å². The van der Waals surface area contributed by atoms with Gasteiger partial charge in [-0.05, 0) is 141 Å². The Morgan fingerprint density at radius 2 is 1.02 bits per heavy atom. The highest BCUT2D eigenvalue weighted by Crippen LogP contribution is 2.65. The lowest BCUT2D eigenvalue weighted by atomic mass is 9.60. The number of rotatable bonds is 4. The number of benzene rings is 7. The summed E-state index contributed by atoms with van der Waals surface area (Å²) in [5, 5.41) is 2.41. The Kier molecular flexibility index (Phi) is 7.47. The van der Waals surface area contributed by atoms with Crippen molar-refractivity contribution < 1.29 is 4.74 Å². The van der Waals surface area contributed by atoms with Crippen LogP contribution in [-0.4, -0.2) is 0 Å². The zero-order chi connectivity index (χ0) is 40.6. The number of anilines is 2. The van der Waals surface area contributed by atoms with Gasteiger partial charge in [-0.25, -0.2) is 0 Å². The predicted octanol–water partition coefficient (Wildman–Crippen LogP) is 15.2. The molecule has 0 radical (unpaired) electrons. The van der Waals surface area contributed by atoms with E-state index in [4.69, 9.17) is 11.3 Å². The second-order valence-electron chi connectivity index (χ2n) is 18.2. The van der Waals surface area contributed by atoms with Gasteiger partial charge in [-0.2, -0.15) is 0 Å². The minimum absolute atomic E-state index is 0.107. The van der Waals surface area contributed by atoms with E-state index in [1.807, 2.05) is 0 Å². The van der Waals surface area contributed by atoms with E-state index in [2.05, 4.69) is 199 Å². The highest BCUT2D eigenvalue weighted by atomic mass is 16.5. The Bertz CT molecular complexity index is 3010. The maximum absolute atomic E-state index is 6.84. The molecule has 1 spiro atoms. The molecule has 0 amide bonds. The summed E-state index contributed by atoms with van der Waals surface area (Å²) in [7, 11) is 0. The molecule has 0 unspecified atom stereocenters. The molecule has 2 aliphatic heterocycles. The second-order valence-corrected chi connectivity index (χ2v) is 18.2. The molecule has 7 aromatic rings. The third-order valence-electron chi connectivity index (χ3n) is 14.1. The topological polar surface area (TPSA) is 12.5 Å². The SMILES string of the molecule is C=C(/C(C)=C\C(C)=C/CC)N1c2cc3c(cc2C2(c4ccccc4Oc4ccccc42)c2cc4ccccc4cc21)-c1cc2c(cc1C3(C)C)-c1ccccc1C2(C)C. The van der Waals surface area contributed by atoms with Crippen molar-refractivity contribution in [3.63, 3.8) is 0 Å². The number of hydrogen-bond donors (Lipinski definition) is 0. The van der Waals surface area contributed by atoms with Crippen LogP contribution in [0.2, 0.25) is 0 Å². The Hall–Kier alpha value is -6.38. The van der Waals surface area contributed by atoms with Gasteiger partial charge < -0.3 is 9.64 Å². The van der Waals surface area contributed by atoms with E-state index < -0.39 is 5.41 Å². The van der Waals surface area contributed by atoms with E-state index >= 15 is 0 Å². The number of allylic oxidation sites excluding steroid dienone is 4. The van der Waals surface area contributed by atoms with Crippen LogP contribution in [-0.2, 0) is 16.2 Å². The summed E-state index contributed by atoms with van der Waals surface area (Å²) in [6, 6.07) is 50.2. The Morgan fingerprint density at radius 3 is 1.66 bits per heavy atom. The fourth-order valence-electron chi connectivity index (χ4n) is 11.3. The molecular weight excluding hydrogens is 715 g/mol. The van der Waals surface area contributed by atoms with Gasteiger partial charge in [0.05, 0.1) is 16.8 Å². The third kappa shape index (κ3) is 4.69. The number of para-hydroxylation sites is 2. The maximum atomic E-state index is 6.84. The lowest BCUT2D eigenvalue weighted by Crippen LogP contribution is -2.41. The normalized spacial score (nSPS) is 16.9. The standard InChI is InChI=1S/C57H49NO/c1-9-18-34(2)27-35(3)36(4)58-51-29-38-20-11-10-19-37(38)28-49(51)57(44-23-14-16-25-53(44)59-54-26-17-15-24-45(54)57)50-32-42-41-31-46-40(39-21-12-13-22-43(39)55(46,5)6)30-47(41)56(7,8)48(42)33-52(50)58/h10-33H,4,9H2,1-3,5-8H3/b34-18-,35-27-. The highest BCUT2D eigenvalue weighted by molar-refractivity contribution is 5.99. The van der Waals surface area contributed by atoms with Crippen LogP contribution >= 0.6 is 0 Å². The number of hydrogen-bond acceptors (Lipinski definition) is 2. The summed E-state index contributed by atoms with van der Waals surface area (Å²) in [5.74, 6) is 1.78. The smallest absolute Gasteiger partial charge is 0.132 e. The zero-order valence-corrected chi connectivity index (χ0v) is 35.1. The predicted molar refractivity (Wildman–Crippen MR) is 247 cm³/mol. The molecule has 0 aromatic heterocycles. The van der Waals surface area contributed by atoms with Gasteiger partial charge in [-0.15, -0.1) is 0 Å². The first kappa shape index (κ1) is 35.8. The molecule has 59 heavy (non-hydrogen) atoms. The number of ether oxygens (including phenoxy) is 1. The first-order valence-electron chi connectivity index (χ1n) is 21.2. The van der Waals surface area contributed by atoms with Crippen molar-refractivity contribution >= 4 is 22.1 Å². The molecular formula is C57H49NO. The van der Waals surface area contributed by atoms with Crippen LogP contribution in [0.15, 0.2) is 169 Å². The van der Waals surface area contributed by atoms with Crippen molar-refractivity contribution in [3.05, 3.63) is 214 Å². The highest BCUT2D eigenvalue weighted by Gasteiger charge is 2.53. The van der Waals surface area contributed by atoms with Crippen LogP contribution in [0.3, 0.4) is 0 Å². The van der Waals surface area contributed by atoms with Crippen molar-refractivity contribution in [2.45, 2.75) is 71.1 Å². The summed E-state index contributed by atoms with van der Waals surface area (Å²) < 4.78 is 6.84. The van der Waals surface area contributed by atoms with Gasteiger partial charge in [-0.1, -0.05) is 144 Å². The second kappa shape index (κ2) is 12.3. The van der Waals surface area contributed by atoms with Gasteiger partial charge in [0.1, 0.15) is 11.5 Å². The van der Waals surface area contributed by atoms with Crippen LogP contribution < -0.4 is 9.64 Å². The lowest BCUT2D eigenvalue weighted by Gasteiger charge is -2.49. The van der Waals surface area contributed by atoms with E-state index in [1.54, 1.807) is 0 Å². The van der Waals surface area contributed by atoms with Crippen LogP contribution in [0, 0.1) is 0 Å². The zero-order valence-electron chi connectivity index (χ0n) is 35.1. The molecule has 4 aliphatic rings. The molecule has 0 fully saturated rings. The molecule has 2 heterocycles. The van der Waals surface area contributed by atoms with Crippen LogP contribution in [0.1, 0.15) is 99.4 Å². The third-order valence-corrected chi connectivity index (χ3v) is 14.1. The molecule has 0 bridgehead atoms. The number of nitrogens with zero attached hydrogens (tertiary/aromatic N) is 1. The molecule has 2 nitrogen and oxygen atoms in total. The van der Waals surface area contributed by atoms with Gasteiger partial charge in [0, 0.05) is 27.7 Å². The van der Waals surface area contributed by atoms with E-state index in [0.29, 0.717) is 0 Å². The van der Waals surface area contributed by atoms with Crippen molar-refractivity contribution in [1.29, 1.82) is 0 Å². The van der Waals surface area contributed by atoms with Gasteiger partial charge >= 0.3 is 0 Å². The minimum atomic E-state index is -0.694. The lowest BCUT2D eigenvalue weighted by molar-refractivity contribution is 0.434. The summed E-state index contributed by atoms with van der Waals surface area (Å²) in [6.07, 6.45) is 5.57. The fraction of sp³-hybridized carbons (Fsp3) is 0.193. The minimum Gasteiger partial charge on any atom is -0.457 e. The van der Waals surface area contributed by atoms with Crippen molar-refractivity contribution in [2.24, 2.45) is 0 Å². The molecule has 0 N–H and O–H groups in total. The Balaban J connectivity index is 1.28. The van der Waals surface area contributed by atoms with Crippen LogP contribution in [0.5, 0.6) is 11.5 Å². The Labute approximate surface area is 348 Å². The van der Waals surface area contributed by atoms with Gasteiger partial charge in [0.25, 0.3) is 0 Å². The van der Waals surface area contributed by atoms with Gasteiger partial charge in [0.15, 0.2) is 0 Å². The summed E-state index contributed by atoms with van der Waals surface area (Å²) in [6.45, 7) is 21.2. The molecule has 0 atom stereocenters. The average molecular weight is 764 g/mol. The van der Waals surface area contributed by atoms with Crippen molar-refractivity contribution in [3.8, 4) is 33.8 Å². The Morgan fingerprint density at radius 1 is 0.542 bits per heavy atom. The molecule has 2 aliphatic carbocycles. The molecule has 7 aromatic carbocycles. The molecule has 0 saturated heterocycles. The van der Waals surface area contributed by atoms with Crippen molar-refractivity contribution in [1.82, 2.24) is 0 Å². The summed E-state index contributed by atoms with van der Waals surface area (Å²) >= 11 is 0. The summed E-state index contributed by atoms with van der Waals surface area (Å²) in [4.78, 5) is 2.48. The molecule has 288 valence electrons. The van der Waals surface area contributed by atoms with Crippen LogP contribution in [0.4, 0.5) is 11.4 Å². The monoisotopic (exact) mass is 763 g/mol. The largest absolute Gasteiger partial charge is 0.457 e. The van der Waals surface area contributed by atoms with Crippen LogP contribution in [0.25, 0.3) is 33.0 Å². The number of fused-ring (bicyclic) bond motifs is 15. The molecule has 11 rings (SSSR count).